The van der Waals surface area contributed by atoms with Gasteiger partial charge in [0.15, 0.2) is 0 Å². The first-order chi connectivity index (χ1) is 6.72. The van der Waals surface area contributed by atoms with Crippen molar-refractivity contribution >= 4 is 11.8 Å². The van der Waals surface area contributed by atoms with Crippen LogP contribution in [0.2, 0.25) is 0 Å². The molecule has 4 heteroatoms. The van der Waals surface area contributed by atoms with Crippen molar-refractivity contribution in [1.82, 2.24) is 4.98 Å². The Morgan fingerprint density at radius 3 is 2.93 bits per heavy atom. The van der Waals surface area contributed by atoms with Gasteiger partial charge < -0.3 is 10.4 Å². The second-order valence-corrected chi connectivity index (χ2v) is 3.06. The first kappa shape index (κ1) is 10.5. The van der Waals surface area contributed by atoms with Crippen LogP contribution in [0.3, 0.4) is 0 Å². The molecule has 1 atom stereocenters. The number of anilines is 1. The minimum atomic E-state index is -0.791. The number of nitrogens with one attached hydrogen (secondary N) is 1. The Hall–Kier alpha value is -1.58. The maximum atomic E-state index is 10.5. The lowest BCUT2D eigenvalue weighted by Crippen LogP contribution is -2.22. The summed E-state index contributed by atoms with van der Waals surface area (Å²) in [6.07, 6.45) is 2.56. The van der Waals surface area contributed by atoms with Gasteiger partial charge in [-0.15, -0.1) is 0 Å². The standard InChI is InChI=1S/C10H14N2O2/c1-2-8(7-10(13)14)12-9-5-3-4-6-11-9/h3-6,8H,2,7H2,1H3,(H,11,12)(H,13,14)/t8-/m0/s1. The summed E-state index contributed by atoms with van der Waals surface area (Å²) in [7, 11) is 0. The van der Waals surface area contributed by atoms with Crippen molar-refractivity contribution in [3.8, 4) is 0 Å². The Kier molecular flexibility index (Phi) is 3.91. The van der Waals surface area contributed by atoms with Crippen LogP contribution in [-0.2, 0) is 4.79 Å². The molecule has 14 heavy (non-hydrogen) atoms. The monoisotopic (exact) mass is 194 g/mol. The number of carboxylic acid groups (broad SMARTS) is 1. The highest BCUT2D eigenvalue weighted by Gasteiger charge is 2.10. The van der Waals surface area contributed by atoms with Gasteiger partial charge in [0.05, 0.1) is 6.42 Å². The molecule has 0 bridgehead atoms. The summed E-state index contributed by atoms with van der Waals surface area (Å²) < 4.78 is 0. The molecule has 1 rings (SSSR count). The number of nitrogens with zero attached hydrogens (tertiary/aromatic N) is 1. The molecule has 1 heterocycles. The minimum absolute atomic E-state index is 0.0533. The second kappa shape index (κ2) is 5.21. The Labute approximate surface area is 83.0 Å². The van der Waals surface area contributed by atoms with E-state index < -0.39 is 5.97 Å². The molecular formula is C10H14N2O2. The largest absolute Gasteiger partial charge is 0.481 e. The van der Waals surface area contributed by atoms with E-state index in [9.17, 15) is 4.79 Å². The third kappa shape index (κ3) is 3.43. The number of carbonyl (C=O) groups is 1. The zero-order valence-corrected chi connectivity index (χ0v) is 8.10. The van der Waals surface area contributed by atoms with E-state index in [1.165, 1.54) is 0 Å². The molecule has 0 aromatic carbocycles. The average molecular weight is 194 g/mol. The SMILES string of the molecule is CC[C@@H](CC(=O)O)Nc1ccccn1. The molecule has 0 amide bonds. The average Bonchev–Trinajstić information content (AvgIpc) is 2.17. The number of aromatic nitrogens is 1. The highest BCUT2D eigenvalue weighted by molar-refractivity contribution is 5.68. The van der Waals surface area contributed by atoms with Gasteiger partial charge in [-0.1, -0.05) is 13.0 Å². The first-order valence-electron chi connectivity index (χ1n) is 4.61. The highest BCUT2D eigenvalue weighted by Crippen LogP contribution is 2.07. The molecule has 2 N–H and O–H groups in total. The van der Waals surface area contributed by atoms with Gasteiger partial charge in [0.2, 0.25) is 0 Å². The van der Waals surface area contributed by atoms with Gasteiger partial charge in [-0.05, 0) is 18.6 Å². The fourth-order valence-electron chi connectivity index (χ4n) is 1.17. The minimum Gasteiger partial charge on any atom is -0.481 e. The quantitative estimate of drug-likeness (QED) is 0.749. The molecule has 0 aliphatic rings. The summed E-state index contributed by atoms with van der Waals surface area (Å²) in [5.74, 6) is -0.0686. The molecule has 0 radical (unpaired) electrons. The first-order valence-corrected chi connectivity index (χ1v) is 4.61. The number of hydrogen-bond acceptors (Lipinski definition) is 3. The van der Waals surface area contributed by atoms with Crippen molar-refractivity contribution in [2.75, 3.05) is 5.32 Å². The number of pyridine rings is 1. The molecule has 0 aliphatic carbocycles. The summed E-state index contributed by atoms with van der Waals surface area (Å²) in [5, 5.41) is 11.7. The Morgan fingerprint density at radius 1 is 1.64 bits per heavy atom. The van der Waals surface area contributed by atoms with Crippen LogP contribution in [0.5, 0.6) is 0 Å². The van der Waals surface area contributed by atoms with Crippen LogP contribution in [0.15, 0.2) is 24.4 Å². The lowest BCUT2D eigenvalue weighted by atomic mass is 10.1. The molecule has 0 unspecified atom stereocenters. The smallest absolute Gasteiger partial charge is 0.305 e. The van der Waals surface area contributed by atoms with Crippen molar-refractivity contribution < 1.29 is 9.90 Å². The van der Waals surface area contributed by atoms with Crippen LogP contribution in [-0.4, -0.2) is 22.1 Å². The third-order valence-corrected chi connectivity index (χ3v) is 1.93. The molecule has 0 saturated carbocycles. The van der Waals surface area contributed by atoms with Crippen molar-refractivity contribution in [2.24, 2.45) is 0 Å². The van der Waals surface area contributed by atoms with E-state index in [1.54, 1.807) is 6.20 Å². The lowest BCUT2D eigenvalue weighted by molar-refractivity contribution is -0.137. The summed E-state index contributed by atoms with van der Waals surface area (Å²) in [4.78, 5) is 14.6. The van der Waals surface area contributed by atoms with Crippen molar-refractivity contribution in [3.05, 3.63) is 24.4 Å². The van der Waals surface area contributed by atoms with Crippen LogP contribution >= 0.6 is 0 Å². The normalized spacial score (nSPS) is 12.1. The highest BCUT2D eigenvalue weighted by atomic mass is 16.4. The second-order valence-electron chi connectivity index (χ2n) is 3.06. The lowest BCUT2D eigenvalue weighted by Gasteiger charge is -2.14. The van der Waals surface area contributed by atoms with Crippen molar-refractivity contribution in [2.45, 2.75) is 25.8 Å². The molecule has 0 saturated heterocycles. The van der Waals surface area contributed by atoms with Crippen LogP contribution in [0.4, 0.5) is 5.82 Å². The van der Waals surface area contributed by atoms with E-state index in [-0.39, 0.29) is 12.5 Å². The van der Waals surface area contributed by atoms with Gasteiger partial charge in [-0.2, -0.15) is 0 Å². The molecule has 0 spiro atoms. The Morgan fingerprint density at radius 2 is 2.43 bits per heavy atom. The van der Waals surface area contributed by atoms with Gasteiger partial charge in [0, 0.05) is 12.2 Å². The maximum Gasteiger partial charge on any atom is 0.305 e. The van der Waals surface area contributed by atoms with E-state index in [0.717, 1.165) is 12.2 Å². The Balaban J connectivity index is 2.53. The summed E-state index contributed by atoms with van der Waals surface area (Å²) in [5.41, 5.74) is 0. The van der Waals surface area contributed by atoms with Crippen LogP contribution in [0, 0.1) is 0 Å². The van der Waals surface area contributed by atoms with Crippen LogP contribution in [0.1, 0.15) is 19.8 Å². The number of rotatable bonds is 5. The van der Waals surface area contributed by atoms with Crippen LogP contribution < -0.4 is 5.32 Å². The molecule has 4 nitrogen and oxygen atoms in total. The zero-order valence-electron chi connectivity index (χ0n) is 8.10. The molecular weight excluding hydrogens is 180 g/mol. The maximum absolute atomic E-state index is 10.5. The fourth-order valence-corrected chi connectivity index (χ4v) is 1.17. The molecule has 1 aromatic rings. The molecule has 0 aliphatic heterocycles. The number of hydrogen-bond donors (Lipinski definition) is 2. The van der Waals surface area contributed by atoms with E-state index in [1.807, 2.05) is 25.1 Å². The van der Waals surface area contributed by atoms with Crippen LogP contribution in [0.25, 0.3) is 0 Å². The molecule has 0 fully saturated rings. The number of carboxylic acids is 1. The molecule has 76 valence electrons. The summed E-state index contributed by atoms with van der Waals surface area (Å²) >= 11 is 0. The van der Waals surface area contributed by atoms with Gasteiger partial charge in [-0.25, -0.2) is 4.98 Å². The van der Waals surface area contributed by atoms with Gasteiger partial charge in [-0.3, -0.25) is 4.79 Å². The topological polar surface area (TPSA) is 62.2 Å². The fraction of sp³-hybridized carbons (Fsp3) is 0.400. The number of aliphatic carboxylic acids is 1. The Bertz CT molecular complexity index is 287. The molecule has 1 aromatic heterocycles. The van der Waals surface area contributed by atoms with Gasteiger partial charge in [0.25, 0.3) is 0 Å². The predicted molar refractivity (Wildman–Crippen MR) is 54.2 cm³/mol. The van der Waals surface area contributed by atoms with Gasteiger partial charge in [0.1, 0.15) is 5.82 Å². The summed E-state index contributed by atoms with van der Waals surface area (Å²) in [6, 6.07) is 5.46. The van der Waals surface area contributed by atoms with E-state index >= 15 is 0 Å². The zero-order chi connectivity index (χ0) is 10.4. The predicted octanol–water partition coefficient (Wildman–Crippen LogP) is 1.75. The van der Waals surface area contributed by atoms with Crippen molar-refractivity contribution in [1.29, 1.82) is 0 Å². The van der Waals surface area contributed by atoms with Gasteiger partial charge >= 0.3 is 5.97 Å². The van der Waals surface area contributed by atoms with Crippen molar-refractivity contribution in [3.63, 3.8) is 0 Å². The summed E-state index contributed by atoms with van der Waals surface area (Å²) in [6.45, 7) is 1.95. The van der Waals surface area contributed by atoms with E-state index in [0.29, 0.717) is 0 Å². The van der Waals surface area contributed by atoms with E-state index in [4.69, 9.17) is 5.11 Å². The third-order valence-electron chi connectivity index (χ3n) is 1.93. The van der Waals surface area contributed by atoms with E-state index in [2.05, 4.69) is 10.3 Å².